The molecule has 1 rings (SSSR count). The fourth-order valence-corrected chi connectivity index (χ4v) is 1.87. The minimum Gasteiger partial charge on any atom is -0.494 e. The Bertz CT molecular complexity index is 522. The molecule has 0 aliphatic heterocycles. The zero-order valence-electron chi connectivity index (χ0n) is 13.9. The van der Waals surface area contributed by atoms with Crippen molar-refractivity contribution >= 4 is 17.6 Å². The van der Waals surface area contributed by atoms with Crippen molar-refractivity contribution in [2.24, 2.45) is 0 Å². The van der Waals surface area contributed by atoms with Gasteiger partial charge in [0.1, 0.15) is 5.75 Å². The summed E-state index contributed by atoms with van der Waals surface area (Å²) in [5, 5.41) is 2.71. The standard InChI is InChI=1S/C18H25NO4/c1-14(2)18(21)23-13-7-5-4-6-12-22-17-10-8-16(9-11-17)19-15(3)20/h8-11H,1,4-7,12-13H2,2-3H3,(H,19,20). The summed E-state index contributed by atoms with van der Waals surface area (Å²) in [4.78, 5) is 22.1. The average molecular weight is 319 g/mol. The fraction of sp³-hybridized carbons (Fsp3) is 0.444. The molecule has 1 aromatic rings. The van der Waals surface area contributed by atoms with Crippen LogP contribution in [0.15, 0.2) is 36.4 Å². The monoisotopic (exact) mass is 319 g/mol. The van der Waals surface area contributed by atoms with Crippen LogP contribution in [0.25, 0.3) is 0 Å². The summed E-state index contributed by atoms with van der Waals surface area (Å²) in [7, 11) is 0. The molecule has 126 valence electrons. The van der Waals surface area contributed by atoms with Crippen LogP contribution in [-0.2, 0) is 14.3 Å². The van der Waals surface area contributed by atoms with Crippen LogP contribution in [0.4, 0.5) is 5.69 Å². The highest BCUT2D eigenvalue weighted by molar-refractivity contribution is 5.88. The van der Waals surface area contributed by atoms with Gasteiger partial charge in [0.05, 0.1) is 13.2 Å². The van der Waals surface area contributed by atoms with E-state index in [2.05, 4.69) is 11.9 Å². The number of nitrogens with one attached hydrogen (secondary N) is 1. The highest BCUT2D eigenvalue weighted by Crippen LogP contribution is 2.16. The first kappa shape index (κ1) is 18.7. The van der Waals surface area contributed by atoms with E-state index in [0.29, 0.717) is 18.8 Å². The molecule has 0 atom stereocenters. The van der Waals surface area contributed by atoms with Crippen LogP contribution in [0.3, 0.4) is 0 Å². The van der Waals surface area contributed by atoms with E-state index in [1.165, 1.54) is 6.92 Å². The van der Waals surface area contributed by atoms with Crippen LogP contribution in [0, 0.1) is 0 Å². The summed E-state index contributed by atoms with van der Waals surface area (Å²) in [5.41, 5.74) is 1.19. The molecule has 0 aromatic heterocycles. The van der Waals surface area contributed by atoms with Crippen LogP contribution in [0.1, 0.15) is 39.5 Å². The third-order valence-electron chi connectivity index (χ3n) is 3.06. The van der Waals surface area contributed by atoms with Crippen molar-refractivity contribution in [2.45, 2.75) is 39.5 Å². The van der Waals surface area contributed by atoms with E-state index >= 15 is 0 Å². The molecule has 1 N–H and O–H groups in total. The van der Waals surface area contributed by atoms with Gasteiger partial charge in [-0.05, 0) is 56.9 Å². The number of unbranched alkanes of at least 4 members (excludes halogenated alkanes) is 3. The molecule has 1 amide bonds. The second-order valence-corrected chi connectivity index (χ2v) is 5.38. The van der Waals surface area contributed by atoms with Crippen LogP contribution in [-0.4, -0.2) is 25.1 Å². The summed E-state index contributed by atoms with van der Waals surface area (Å²) < 4.78 is 10.7. The Morgan fingerprint density at radius 1 is 1.00 bits per heavy atom. The SMILES string of the molecule is C=C(C)C(=O)OCCCCCCOc1ccc(NC(C)=O)cc1. The van der Waals surface area contributed by atoms with Gasteiger partial charge in [0, 0.05) is 18.2 Å². The maximum absolute atomic E-state index is 11.2. The van der Waals surface area contributed by atoms with Crippen molar-refractivity contribution in [3.8, 4) is 5.75 Å². The molecule has 0 aliphatic carbocycles. The van der Waals surface area contributed by atoms with E-state index in [-0.39, 0.29) is 11.9 Å². The normalized spacial score (nSPS) is 10.0. The summed E-state index contributed by atoms with van der Waals surface area (Å²) in [6, 6.07) is 7.30. The Morgan fingerprint density at radius 2 is 1.61 bits per heavy atom. The van der Waals surface area contributed by atoms with Crippen LogP contribution in [0.5, 0.6) is 5.75 Å². The summed E-state index contributed by atoms with van der Waals surface area (Å²) in [5.74, 6) is 0.373. The smallest absolute Gasteiger partial charge is 0.333 e. The molecule has 23 heavy (non-hydrogen) atoms. The zero-order chi connectivity index (χ0) is 17.1. The van der Waals surface area contributed by atoms with Gasteiger partial charge in [-0.15, -0.1) is 0 Å². The van der Waals surface area contributed by atoms with Gasteiger partial charge in [0.25, 0.3) is 0 Å². The summed E-state index contributed by atoms with van der Waals surface area (Å²) in [6.07, 6.45) is 3.81. The van der Waals surface area contributed by atoms with E-state index < -0.39 is 0 Å². The quantitative estimate of drug-likeness (QED) is 0.406. The van der Waals surface area contributed by atoms with Crippen LogP contribution >= 0.6 is 0 Å². The van der Waals surface area contributed by atoms with Crippen LogP contribution in [0.2, 0.25) is 0 Å². The number of amides is 1. The second kappa shape index (κ2) is 10.4. The second-order valence-electron chi connectivity index (χ2n) is 5.38. The number of carbonyl (C=O) groups excluding carboxylic acids is 2. The first-order chi connectivity index (χ1) is 11.0. The van der Waals surface area contributed by atoms with Crippen molar-refractivity contribution in [3.05, 3.63) is 36.4 Å². The molecule has 5 nitrogen and oxygen atoms in total. The third-order valence-corrected chi connectivity index (χ3v) is 3.06. The molecule has 0 unspecified atom stereocenters. The van der Waals surface area contributed by atoms with Crippen molar-refractivity contribution in [2.75, 3.05) is 18.5 Å². The Kier molecular flexibility index (Phi) is 8.50. The maximum atomic E-state index is 11.2. The maximum Gasteiger partial charge on any atom is 0.333 e. The Balaban J connectivity index is 2.05. The summed E-state index contributed by atoms with van der Waals surface area (Å²) >= 11 is 0. The van der Waals surface area contributed by atoms with Gasteiger partial charge < -0.3 is 14.8 Å². The number of benzene rings is 1. The average Bonchev–Trinajstić information content (AvgIpc) is 2.50. The molecule has 0 fully saturated rings. The van der Waals surface area contributed by atoms with Gasteiger partial charge in [-0.3, -0.25) is 4.79 Å². The molecule has 0 spiro atoms. The van der Waals surface area contributed by atoms with E-state index in [9.17, 15) is 9.59 Å². The molecule has 0 bridgehead atoms. The number of rotatable bonds is 10. The van der Waals surface area contributed by atoms with Crippen molar-refractivity contribution in [1.29, 1.82) is 0 Å². The first-order valence-corrected chi connectivity index (χ1v) is 7.82. The Hall–Kier alpha value is -2.30. The van der Waals surface area contributed by atoms with Crippen molar-refractivity contribution in [1.82, 2.24) is 0 Å². The van der Waals surface area contributed by atoms with Gasteiger partial charge in [-0.25, -0.2) is 4.79 Å². The van der Waals surface area contributed by atoms with Gasteiger partial charge >= 0.3 is 5.97 Å². The minimum absolute atomic E-state index is 0.0902. The predicted octanol–water partition coefficient (Wildman–Crippen LogP) is 3.70. The third kappa shape index (κ3) is 8.66. The van der Waals surface area contributed by atoms with E-state index in [1.54, 1.807) is 6.92 Å². The highest BCUT2D eigenvalue weighted by Gasteiger charge is 2.02. The lowest BCUT2D eigenvalue weighted by Gasteiger charge is -2.08. The zero-order valence-corrected chi connectivity index (χ0v) is 13.9. The number of anilines is 1. The lowest BCUT2D eigenvalue weighted by Crippen LogP contribution is -2.06. The van der Waals surface area contributed by atoms with Crippen molar-refractivity contribution in [3.63, 3.8) is 0 Å². The first-order valence-electron chi connectivity index (χ1n) is 7.82. The molecule has 0 saturated carbocycles. The lowest BCUT2D eigenvalue weighted by atomic mass is 10.2. The van der Waals surface area contributed by atoms with Crippen LogP contribution < -0.4 is 10.1 Å². The van der Waals surface area contributed by atoms with E-state index in [4.69, 9.17) is 9.47 Å². The number of esters is 1. The van der Waals surface area contributed by atoms with Gasteiger partial charge in [0.2, 0.25) is 5.91 Å². The molecule has 0 heterocycles. The number of carbonyl (C=O) groups is 2. The number of ether oxygens (including phenoxy) is 2. The molecule has 1 aromatic carbocycles. The van der Waals surface area contributed by atoms with Gasteiger partial charge in [-0.2, -0.15) is 0 Å². The van der Waals surface area contributed by atoms with Crippen molar-refractivity contribution < 1.29 is 19.1 Å². The Morgan fingerprint density at radius 3 is 2.17 bits per heavy atom. The predicted molar refractivity (Wildman–Crippen MR) is 90.5 cm³/mol. The molecule has 5 heteroatoms. The highest BCUT2D eigenvalue weighted by atomic mass is 16.5. The molecular weight excluding hydrogens is 294 g/mol. The molecule has 0 saturated heterocycles. The fourth-order valence-electron chi connectivity index (χ4n) is 1.87. The largest absolute Gasteiger partial charge is 0.494 e. The molecule has 0 radical (unpaired) electrons. The van der Waals surface area contributed by atoms with Gasteiger partial charge in [0.15, 0.2) is 0 Å². The minimum atomic E-state index is -0.323. The lowest BCUT2D eigenvalue weighted by molar-refractivity contribution is -0.139. The summed E-state index contributed by atoms with van der Waals surface area (Å²) in [6.45, 7) is 7.73. The number of hydrogen-bond acceptors (Lipinski definition) is 4. The number of hydrogen-bond donors (Lipinski definition) is 1. The molecular formula is C18H25NO4. The topological polar surface area (TPSA) is 64.6 Å². The van der Waals surface area contributed by atoms with E-state index in [1.807, 2.05) is 24.3 Å². The molecule has 0 aliphatic rings. The van der Waals surface area contributed by atoms with Gasteiger partial charge in [-0.1, -0.05) is 6.58 Å². The Labute approximate surface area is 137 Å². The van der Waals surface area contributed by atoms with E-state index in [0.717, 1.165) is 37.1 Å².